The number of ether oxygens (including phenoxy) is 1. The molecule has 2 rings (SSSR count). The van der Waals surface area contributed by atoms with E-state index in [1.54, 1.807) is 12.1 Å². The maximum Gasteiger partial charge on any atom is 0.337 e. The average Bonchev–Trinajstić information content (AvgIpc) is 3.00. The van der Waals surface area contributed by atoms with Crippen LogP contribution in [0.2, 0.25) is 0 Å². The molecule has 5 nitrogen and oxygen atoms in total. The van der Waals surface area contributed by atoms with Gasteiger partial charge in [-0.1, -0.05) is 0 Å². The molecule has 0 saturated heterocycles. The second kappa shape index (κ2) is 6.88. The molecule has 0 unspecified atom stereocenters. The molecule has 0 amide bonds. The van der Waals surface area contributed by atoms with Gasteiger partial charge < -0.3 is 19.7 Å². The number of nitrogens with one attached hydrogen (secondary N) is 1. The van der Waals surface area contributed by atoms with Crippen molar-refractivity contribution < 1.29 is 14.6 Å². The Labute approximate surface area is 117 Å². The van der Waals surface area contributed by atoms with E-state index in [0.29, 0.717) is 18.7 Å². The van der Waals surface area contributed by atoms with E-state index in [1.165, 1.54) is 7.11 Å². The lowest BCUT2D eigenvalue weighted by molar-refractivity contribution is 0.0600. The lowest BCUT2D eigenvalue weighted by Crippen LogP contribution is -2.18. The third-order valence-corrected chi connectivity index (χ3v) is 2.92. The second-order valence-electron chi connectivity index (χ2n) is 4.37. The highest BCUT2D eigenvalue weighted by Gasteiger charge is 2.09. The quantitative estimate of drug-likeness (QED) is 0.616. The smallest absolute Gasteiger partial charge is 0.337 e. The molecule has 0 fully saturated rings. The highest BCUT2D eigenvalue weighted by molar-refractivity contribution is 5.90. The number of carbonyl (C=O) groups excluding carboxylic acids is 1. The molecule has 106 valence electrons. The Morgan fingerprint density at radius 2 is 2.05 bits per heavy atom. The SMILES string of the molecule is COC(=O)c1cc(CNCCO)cc(-n2cccc2)c1. The number of nitrogens with zero attached hydrogens (tertiary/aromatic N) is 1. The Kier molecular flexibility index (Phi) is 4.92. The number of methoxy groups -OCH3 is 1. The molecule has 0 aliphatic carbocycles. The van der Waals surface area contributed by atoms with Crippen molar-refractivity contribution in [3.63, 3.8) is 0 Å². The molecule has 0 bridgehead atoms. The van der Waals surface area contributed by atoms with Crippen molar-refractivity contribution in [2.75, 3.05) is 20.3 Å². The van der Waals surface area contributed by atoms with Crippen molar-refractivity contribution >= 4 is 5.97 Å². The number of rotatable bonds is 6. The summed E-state index contributed by atoms with van der Waals surface area (Å²) in [5.41, 5.74) is 2.38. The molecular formula is C15H18N2O3. The van der Waals surface area contributed by atoms with Crippen LogP contribution in [-0.4, -0.2) is 35.9 Å². The lowest BCUT2D eigenvalue weighted by Gasteiger charge is -2.10. The summed E-state index contributed by atoms with van der Waals surface area (Å²) in [5, 5.41) is 11.9. The fraction of sp³-hybridized carbons (Fsp3) is 0.267. The van der Waals surface area contributed by atoms with Crippen LogP contribution in [-0.2, 0) is 11.3 Å². The Morgan fingerprint density at radius 3 is 2.70 bits per heavy atom. The monoisotopic (exact) mass is 274 g/mol. The molecule has 0 saturated carbocycles. The van der Waals surface area contributed by atoms with Gasteiger partial charge >= 0.3 is 5.97 Å². The van der Waals surface area contributed by atoms with Crippen LogP contribution in [0.5, 0.6) is 0 Å². The second-order valence-corrected chi connectivity index (χ2v) is 4.37. The van der Waals surface area contributed by atoms with E-state index in [4.69, 9.17) is 9.84 Å². The molecule has 0 spiro atoms. The summed E-state index contributed by atoms with van der Waals surface area (Å²) in [6.45, 7) is 1.18. The minimum absolute atomic E-state index is 0.0845. The van der Waals surface area contributed by atoms with E-state index in [9.17, 15) is 4.79 Å². The summed E-state index contributed by atoms with van der Waals surface area (Å²) in [6.07, 6.45) is 3.84. The van der Waals surface area contributed by atoms with Gasteiger partial charge in [0.2, 0.25) is 0 Å². The largest absolute Gasteiger partial charge is 0.465 e. The Hall–Kier alpha value is -2.11. The van der Waals surface area contributed by atoms with Crippen molar-refractivity contribution in [1.29, 1.82) is 0 Å². The van der Waals surface area contributed by atoms with E-state index >= 15 is 0 Å². The van der Waals surface area contributed by atoms with Gasteiger partial charge in [0, 0.05) is 31.2 Å². The number of hydrogen-bond acceptors (Lipinski definition) is 4. The maximum absolute atomic E-state index is 11.7. The van der Waals surface area contributed by atoms with Crippen molar-refractivity contribution in [2.45, 2.75) is 6.54 Å². The highest BCUT2D eigenvalue weighted by atomic mass is 16.5. The van der Waals surface area contributed by atoms with Crippen LogP contribution in [0.3, 0.4) is 0 Å². The van der Waals surface area contributed by atoms with Gasteiger partial charge in [0.25, 0.3) is 0 Å². The van der Waals surface area contributed by atoms with Crippen LogP contribution in [0, 0.1) is 0 Å². The molecule has 2 N–H and O–H groups in total. The predicted octanol–water partition coefficient (Wildman–Crippen LogP) is 1.35. The van der Waals surface area contributed by atoms with Crippen molar-refractivity contribution in [3.8, 4) is 5.69 Å². The van der Waals surface area contributed by atoms with Gasteiger partial charge in [-0.3, -0.25) is 0 Å². The first-order valence-corrected chi connectivity index (χ1v) is 6.42. The minimum Gasteiger partial charge on any atom is -0.465 e. The zero-order chi connectivity index (χ0) is 14.4. The molecule has 1 aromatic heterocycles. The van der Waals surface area contributed by atoms with Gasteiger partial charge in [0.15, 0.2) is 0 Å². The zero-order valence-corrected chi connectivity index (χ0v) is 11.4. The Balaban J connectivity index is 2.31. The van der Waals surface area contributed by atoms with Gasteiger partial charge in [-0.25, -0.2) is 4.79 Å². The number of carbonyl (C=O) groups is 1. The van der Waals surface area contributed by atoms with E-state index in [1.807, 2.05) is 35.2 Å². The lowest BCUT2D eigenvalue weighted by atomic mass is 10.1. The van der Waals surface area contributed by atoms with Gasteiger partial charge in [-0.15, -0.1) is 0 Å². The van der Waals surface area contributed by atoms with Crippen LogP contribution in [0.4, 0.5) is 0 Å². The number of hydrogen-bond donors (Lipinski definition) is 2. The molecule has 0 radical (unpaired) electrons. The summed E-state index contributed by atoms with van der Waals surface area (Å²) in [6, 6.07) is 9.43. The summed E-state index contributed by atoms with van der Waals surface area (Å²) >= 11 is 0. The normalized spacial score (nSPS) is 10.5. The van der Waals surface area contributed by atoms with E-state index in [2.05, 4.69) is 5.32 Å². The van der Waals surface area contributed by atoms with Crippen LogP contribution < -0.4 is 5.32 Å². The first kappa shape index (κ1) is 14.3. The molecule has 0 aliphatic heterocycles. The fourth-order valence-electron chi connectivity index (χ4n) is 1.98. The molecular weight excluding hydrogens is 256 g/mol. The fourth-order valence-corrected chi connectivity index (χ4v) is 1.98. The third-order valence-electron chi connectivity index (χ3n) is 2.92. The van der Waals surface area contributed by atoms with E-state index in [-0.39, 0.29) is 12.6 Å². The molecule has 2 aromatic rings. The van der Waals surface area contributed by atoms with Crippen LogP contribution in [0.15, 0.2) is 42.7 Å². The Morgan fingerprint density at radius 1 is 1.30 bits per heavy atom. The zero-order valence-electron chi connectivity index (χ0n) is 11.4. The molecule has 1 heterocycles. The van der Waals surface area contributed by atoms with E-state index < -0.39 is 0 Å². The maximum atomic E-state index is 11.7. The van der Waals surface area contributed by atoms with Gasteiger partial charge in [0.05, 0.1) is 19.3 Å². The molecule has 20 heavy (non-hydrogen) atoms. The van der Waals surface area contributed by atoms with Crippen molar-refractivity contribution in [3.05, 3.63) is 53.9 Å². The first-order valence-electron chi connectivity index (χ1n) is 6.42. The van der Waals surface area contributed by atoms with Gasteiger partial charge in [-0.05, 0) is 35.9 Å². The molecule has 5 heteroatoms. The number of aliphatic hydroxyl groups excluding tert-OH is 1. The topological polar surface area (TPSA) is 63.5 Å². The van der Waals surface area contributed by atoms with Crippen molar-refractivity contribution in [1.82, 2.24) is 9.88 Å². The standard InChI is InChI=1S/C15H18N2O3/c1-20-15(19)13-8-12(11-16-4-7-18)9-14(10-13)17-5-2-3-6-17/h2-3,5-6,8-10,16,18H,4,7,11H2,1H3. The number of aromatic nitrogens is 1. The molecule has 0 aliphatic rings. The summed E-state index contributed by atoms with van der Waals surface area (Å²) in [4.78, 5) is 11.7. The van der Waals surface area contributed by atoms with Crippen LogP contribution in [0.25, 0.3) is 5.69 Å². The molecule has 1 aromatic carbocycles. The van der Waals surface area contributed by atoms with Crippen LogP contribution >= 0.6 is 0 Å². The van der Waals surface area contributed by atoms with Gasteiger partial charge in [0.1, 0.15) is 0 Å². The molecule has 0 atom stereocenters. The van der Waals surface area contributed by atoms with E-state index in [0.717, 1.165) is 11.3 Å². The number of esters is 1. The first-order chi connectivity index (χ1) is 9.74. The summed E-state index contributed by atoms with van der Waals surface area (Å²) in [5.74, 6) is -0.359. The third kappa shape index (κ3) is 3.46. The average molecular weight is 274 g/mol. The van der Waals surface area contributed by atoms with Gasteiger partial charge in [-0.2, -0.15) is 0 Å². The highest BCUT2D eigenvalue weighted by Crippen LogP contribution is 2.16. The Bertz CT molecular complexity index is 565. The predicted molar refractivity (Wildman–Crippen MR) is 75.9 cm³/mol. The van der Waals surface area contributed by atoms with Crippen LogP contribution in [0.1, 0.15) is 15.9 Å². The van der Waals surface area contributed by atoms with Crippen molar-refractivity contribution in [2.24, 2.45) is 0 Å². The summed E-state index contributed by atoms with van der Waals surface area (Å²) in [7, 11) is 1.37. The summed E-state index contributed by atoms with van der Waals surface area (Å²) < 4.78 is 6.71. The minimum atomic E-state index is -0.359. The number of benzene rings is 1. The number of aliphatic hydroxyl groups is 1.